The molecule has 154 valence electrons. The molecule has 1 N–H and O–H groups in total. The van der Waals surface area contributed by atoms with Gasteiger partial charge >= 0.3 is 0 Å². The molecule has 0 unspecified atom stereocenters. The average molecular weight is 443 g/mol. The maximum Gasteiger partial charge on any atom is 0.277 e. The first-order valence-corrected chi connectivity index (χ1v) is 10.9. The third kappa shape index (κ3) is 4.71. The van der Waals surface area contributed by atoms with E-state index in [1.807, 2.05) is 49.4 Å². The van der Waals surface area contributed by atoms with Crippen LogP contribution in [-0.4, -0.2) is 40.6 Å². The lowest BCUT2D eigenvalue weighted by Gasteiger charge is -2.00. The summed E-state index contributed by atoms with van der Waals surface area (Å²) in [5.74, 6) is 1.84. The summed E-state index contributed by atoms with van der Waals surface area (Å²) >= 11 is 2.56. The number of hydrogen-bond acceptors (Lipinski definition) is 9. The highest BCUT2D eigenvalue weighted by Gasteiger charge is 2.13. The first kappa shape index (κ1) is 20.2. The zero-order chi connectivity index (χ0) is 20.9. The average Bonchev–Trinajstić information content (AvgIpc) is 3.39. The van der Waals surface area contributed by atoms with Crippen LogP contribution < -0.4 is 14.8 Å². The van der Waals surface area contributed by atoms with Crippen LogP contribution in [0.4, 0.5) is 5.13 Å². The molecule has 8 nitrogen and oxygen atoms in total. The quantitative estimate of drug-likeness (QED) is 0.399. The molecule has 2 heterocycles. The molecule has 1 amide bonds. The van der Waals surface area contributed by atoms with Crippen molar-refractivity contribution >= 4 is 44.4 Å². The van der Waals surface area contributed by atoms with Crippen LogP contribution in [0.2, 0.25) is 0 Å². The number of rotatable bonds is 8. The van der Waals surface area contributed by atoms with E-state index in [0.717, 1.165) is 27.3 Å². The van der Waals surface area contributed by atoms with E-state index in [2.05, 4.69) is 20.5 Å². The molecular weight excluding hydrogens is 424 g/mol. The van der Waals surface area contributed by atoms with E-state index in [9.17, 15) is 4.79 Å². The molecule has 4 aromatic rings. The van der Waals surface area contributed by atoms with Gasteiger partial charge in [0.25, 0.3) is 5.22 Å². The standard InChI is InChI=1S/C20H18N4O4S2/c1-3-27-14-8-9-15-16(10-14)30-19(21-15)22-17(25)11-29-20-24-23-18(28-20)12-4-6-13(26-2)7-5-12/h4-10H,3,11H2,1-2H3,(H,21,22,25). The van der Waals surface area contributed by atoms with Crippen molar-refractivity contribution in [1.82, 2.24) is 15.2 Å². The predicted octanol–water partition coefficient (Wildman–Crippen LogP) is 4.48. The monoisotopic (exact) mass is 442 g/mol. The number of anilines is 1. The summed E-state index contributed by atoms with van der Waals surface area (Å²) in [4.78, 5) is 16.7. The molecule has 4 rings (SSSR count). The van der Waals surface area contributed by atoms with E-state index in [-0.39, 0.29) is 11.7 Å². The van der Waals surface area contributed by atoms with Crippen molar-refractivity contribution in [3.8, 4) is 23.0 Å². The van der Waals surface area contributed by atoms with Crippen molar-refractivity contribution in [2.45, 2.75) is 12.1 Å². The molecule has 0 saturated carbocycles. The first-order chi connectivity index (χ1) is 14.6. The van der Waals surface area contributed by atoms with E-state index in [1.54, 1.807) is 7.11 Å². The number of carbonyl (C=O) groups excluding carboxylic acids is 1. The fraction of sp³-hybridized carbons (Fsp3) is 0.200. The topological polar surface area (TPSA) is 99.4 Å². The molecule has 0 aliphatic rings. The second kappa shape index (κ2) is 9.14. The van der Waals surface area contributed by atoms with Crippen LogP contribution in [0.25, 0.3) is 21.7 Å². The van der Waals surface area contributed by atoms with Gasteiger partial charge in [0, 0.05) is 5.56 Å². The largest absolute Gasteiger partial charge is 0.497 e. The highest BCUT2D eigenvalue weighted by atomic mass is 32.2. The number of aromatic nitrogens is 3. The molecule has 10 heteroatoms. The minimum Gasteiger partial charge on any atom is -0.497 e. The Labute approximate surface area is 180 Å². The van der Waals surface area contributed by atoms with Crippen molar-refractivity contribution < 1.29 is 18.7 Å². The Bertz CT molecular complexity index is 1160. The van der Waals surface area contributed by atoms with Gasteiger partial charge in [-0.3, -0.25) is 4.79 Å². The van der Waals surface area contributed by atoms with Crippen molar-refractivity contribution in [3.05, 3.63) is 42.5 Å². The highest BCUT2D eigenvalue weighted by Crippen LogP contribution is 2.30. The van der Waals surface area contributed by atoms with Crippen LogP contribution in [-0.2, 0) is 4.79 Å². The Balaban J connectivity index is 1.34. The Morgan fingerprint density at radius 3 is 2.73 bits per heavy atom. The van der Waals surface area contributed by atoms with Gasteiger partial charge in [-0.25, -0.2) is 4.98 Å². The molecule has 0 fully saturated rings. The summed E-state index contributed by atoms with van der Waals surface area (Å²) in [6, 6.07) is 12.9. The Morgan fingerprint density at radius 2 is 1.97 bits per heavy atom. The second-order valence-corrected chi connectivity index (χ2v) is 7.98. The number of thioether (sulfide) groups is 1. The van der Waals surface area contributed by atoms with Crippen LogP contribution in [0.15, 0.2) is 52.1 Å². The highest BCUT2D eigenvalue weighted by molar-refractivity contribution is 7.99. The van der Waals surface area contributed by atoms with E-state index in [0.29, 0.717) is 22.9 Å². The Hall–Kier alpha value is -3.11. The Morgan fingerprint density at radius 1 is 1.17 bits per heavy atom. The van der Waals surface area contributed by atoms with Crippen LogP contribution >= 0.6 is 23.1 Å². The molecular formula is C20H18N4O4S2. The van der Waals surface area contributed by atoms with Gasteiger partial charge in [-0.15, -0.1) is 10.2 Å². The van der Waals surface area contributed by atoms with Gasteiger partial charge in [-0.1, -0.05) is 23.1 Å². The third-order valence-electron chi connectivity index (χ3n) is 3.99. The normalized spacial score (nSPS) is 10.9. The number of benzene rings is 2. The fourth-order valence-electron chi connectivity index (χ4n) is 2.62. The molecule has 0 aliphatic heterocycles. The summed E-state index contributed by atoms with van der Waals surface area (Å²) in [6.45, 7) is 2.53. The minimum atomic E-state index is -0.201. The molecule has 0 saturated heterocycles. The summed E-state index contributed by atoms with van der Waals surface area (Å²) in [5.41, 5.74) is 1.59. The van der Waals surface area contributed by atoms with Crippen molar-refractivity contribution in [3.63, 3.8) is 0 Å². The molecule has 30 heavy (non-hydrogen) atoms. The number of hydrogen-bond donors (Lipinski definition) is 1. The molecule has 0 radical (unpaired) electrons. The minimum absolute atomic E-state index is 0.129. The maximum absolute atomic E-state index is 12.3. The zero-order valence-electron chi connectivity index (χ0n) is 16.2. The summed E-state index contributed by atoms with van der Waals surface area (Å²) in [5, 5.41) is 11.7. The number of nitrogens with one attached hydrogen (secondary N) is 1. The lowest BCUT2D eigenvalue weighted by Crippen LogP contribution is -2.13. The van der Waals surface area contributed by atoms with E-state index in [4.69, 9.17) is 13.9 Å². The number of ether oxygens (including phenoxy) is 2. The van der Waals surface area contributed by atoms with Gasteiger partial charge < -0.3 is 19.2 Å². The zero-order valence-corrected chi connectivity index (χ0v) is 17.9. The van der Waals surface area contributed by atoms with Crippen LogP contribution in [0.5, 0.6) is 11.5 Å². The number of nitrogens with zero attached hydrogens (tertiary/aromatic N) is 3. The summed E-state index contributed by atoms with van der Waals surface area (Å²) in [6.07, 6.45) is 0. The van der Waals surface area contributed by atoms with E-state index in [1.165, 1.54) is 23.1 Å². The second-order valence-electron chi connectivity index (χ2n) is 6.02. The maximum atomic E-state index is 12.3. The molecule has 0 spiro atoms. The number of fused-ring (bicyclic) bond motifs is 1. The van der Waals surface area contributed by atoms with Crippen LogP contribution in [0.3, 0.4) is 0 Å². The van der Waals surface area contributed by atoms with E-state index >= 15 is 0 Å². The van der Waals surface area contributed by atoms with Gasteiger partial charge in [0.1, 0.15) is 11.5 Å². The van der Waals surface area contributed by atoms with Crippen LogP contribution in [0, 0.1) is 0 Å². The van der Waals surface area contributed by atoms with Crippen molar-refractivity contribution in [2.24, 2.45) is 0 Å². The Kier molecular flexibility index (Phi) is 6.15. The molecule has 0 aliphatic carbocycles. The van der Waals surface area contributed by atoms with E-state index < -0.39 is 0 Å². The smallest absolute Gasteiger partial charge is 0.277 e. The number of amides is 1. The fourth-order valence-corrected chi connectivity index (χ4v) is 4.09. The van der Waals surface area contributed by atoms with Crippen LogP contribution in [0.1, 0.15) is 6.92 Å². The molecule has 0 atom stereocenters. The van der Waals surface area contributed by atoms with Gasteiger partial charge in [-0.05, 0) is 49.4 Å². The molecule has 2 aromatic heterocycles. The first-order valence-electron chi connectivity index (χ1n) is 9.08. The van der Waals surface area contributed by atoms with Gasteiger partial charge in [0.15, 0.2) is 5.13 Å². The molecule has 2 aromatic carbocycles. The van der Waals surface area contributed by atoms with Crippen molar-refractivity contribution in [2.75, 3.05) is 24.8 Å². The van der Waals surface area contributed by atoms with Gasteiger partial charge in [0.05, 0.1) is 29.7 Å². The number of thiazole rings is 1. The lowest BCUT2D eigenvalue weighted by atomic mass is 10.2. The SMILES string of the molecule is CCOc1ccc2nc(NC(=O)CSc3nnc(-c4ccc(OC)cc4)o3)sc2c1. The summed E-state index contributed by atoms with van der Waals surface area (Å²) < 4.78 is 17.2. The summed E-state index contributed by atoms with van der Waals surface area (Å²) in [7, 11) is 1.61. The molecule has 0 bridgehead atoms. The third-order valence-corrected chi connectivity index (χ3v) is 5.74. The van der Waals surface area contributed by atoms with Crippen molar-refractivity contribution in [1.29, 1.82) is 0 Å². The number of methoxy groups -OCH3 is 1. The van der Waals surface area contributed by atoms with Gasteiger partial charge in [-0.2, -0.15) is 0 Å². The predicted molar refractivity (Wildman–Crippen MR) is 116 cm³/mol. The number of carbonyl (C=O) groups is 1. The van der Waals surface area contributed by atoms with Gasteiger partial charge in [0.2, 0.25) is 11.8 Å². The lowest BCUT2D eigenvalue weighted by molar-refractivity contribution is -0.113.